The van der Waals surface area contributed by atoms with E-state index in [4.69, 9.17) is 11.6 Å². The SMILES string of the molecule is Fc1ccc2c(Cl)ncc(C(F)(F)F)c2c1. The van der Waals surface area contributed by atoms with E-state index in [0.717, 1.165) is 12.1 Å². The normalized spacial score (nSPS) is 12.1. The van der Waals surface area contributed by atoms with Gasteiger partial charge in [0.1, 0.15) is 11.0 Å². The molecule has 2 aromatic rings. The minimum atomic E-state index is -4.58. The highest BCUT2D eigenvalue weighted by molar-refractivity contribution is 6.34. The molecule has 0 unspecified atom stereocenters. The predicted octanol–water partition coefficient (Wildman–Crippen LogP) is 4.05. The van der Waals surface area contributed by atoms with Gasteiger partial charge in [0.05, 0.1) is 5.56 Å². The number of rotatable bonds is 0. The first kappa shape index (κ1) is 11.1. The van der Waals surface area contributed by atoms with Crippen molar-refractivity contribution in [2.45, 2.75) is 6.18 Å². The third-order valence-corrected chi connectivity index (χ3v) is 2.41. The Morgan fingerprint density at radius 3 is 2.44 bits per heavy atom. The van der Waals surface area contributed by atoms with Crippen LogP contribution in [0, 0.1) is 5.82 Å². The van der Waals surface area contributed by atoms with E-state index in [0.29, 0.717) is 6.20 Å². The molecule has 84 valence electrons. The van der Waals surface area contributed by atoms with E-state index in [2.05, 4.69) is 4.98 Å². The Kier molecular flexibility index (Phi) is 2.50. The molecule has 0 spiro atoms. The van der Waals surface area contributed by atoms with Crippen LogP contribution in [0.3, 0.4) is 0 Å². The van der Waals surface area contributed by atoms with E-state index < -0.39 is 17.6 Å². The van der Waals surface area contributed by atoms with Gasteiger partial charge in [-0.15, -0.1) is 0 Å². The van der Waals surface area contributed by atoms with Crippen molar-refractivity contribution in [3.8, 4) is 0 Å². The second-order valence-corrected chi connectivity index (χ2v) is 3.51. The third-order valence-electron chi connectivity index (χ3n) is 2.11. The maximum atomic E-state index is 12.9. The highest BCUT2D eigenvalue weighted by Crippen LogP contribution is 2.36. The van der Waals surface area contributed by atoms with Crippen LogP contribution in [0.25, 0.3) is 10.8 Å². The first-order chi connectivity index (χ1) is 7.39. The third kappa shape index (κ3) is 1.82. The maximum Gasteiger partial charge on any atom is 0.418 e. The van der Waals surface area contributed by atoms with E-state index in [-0.39, 0.29) is 15.9 Å². The van der Waals surface area contributed by atoms with Gasteiger partial charge in [-0.25, -0.2) is 9.37 Å². The summed E-state index contributed by atoms with van der Waals surface area (Å²) in [5.74, 6) is -0.750. The van der Waals surface area contributed by atoms with Crippen LogP contribution in [0.15, 0.2) is 24.4 Å². The van der Waals surface area contributed by atoms with Crippen molar-refractivity contribution in [2.75, 3.05) is 0 Å². The van der Waals surface area contributed by atoms with Crippen molar-refractivity contribution in [3.05, 3.63) is 40.9 Å². The summed E-state index contributed by atoms with van der Waals surface area (Å²) in [6.07, 6.45) is -3.98. The smallest absolute Gasteiger partial charge is 0.243 e. The van der Waals surface area contributed by atoms with Crippen LogP contribution in [0.4, 0.5) is 17.6 Å². The average Bonchev–Trinajstić information content (AvgIpc) is 2.15. The van der Waals surface area contributed by atoms with Crippen molar-refractivity contribution >= 4 is 22.4 Å². The molecule has 1 heterocycles. The quantitative estimate of drug-likeness (QED) is 0.507. The molecular formula is C10H4ClF4N. The molecule has 1 aromatic carbocycles. The molecule has 0 N–H and O–H groups in total. The number of nitrogens with zero attached hydrogens (tertiary/aromatic N) is 1. The summed E-state index contributed by atoms with van der Waals surface area (Å²) in [4.78, 5) is 3.43. The molecule has 0 aliphatic heterocycles. The van der Waals surface area contributed by atoms with Crippen LogP contribution in [0.5, 0.6) is 0 Å². The van der Waals surface area contributed by atoms with Gasteiger partial charge in [-0.1, -0.05) is 11.6 Å². The fourth-order valence-corrected chi connectivity index (χ4v) is 1.62. The van der Waals surface area contributed by atoms with E-state index >= 15 is 0 Å². The number of aromatic nitrogens is 1. The highest BCUT2D eigenvalue weighted by atomic mass is 35.5. The molecular weight excluding hydrogens is 246 g/mol. The molecule has 0 saturated heterocycles. The largest absolute Gasteiger partial charge is 0.418 e. The summed E-state index contributed by atoms with van der Waals surface area (Å²) in [7, 11) is 0. The van der Waals surface area contributed by atoms with Crippen LogP contribution in [-0.4, -0.2) is 4.98 Å². The molecule has 0 amide bonds. The molecule has 0 saturated carbocycles. The number of benzene rings is 1. The molecule has 1 nitrogen and oxygen atoms in total. The van der Waals surface area contributed by atoms with E-state index in [9.17, 15) is 17.6 Å². The topological polar surface area (TPSA) is 12.9 Å². The van der Waals surface area contributed by atoms with Gasteiger partial charge in [0.25, 0.3) is 0 Å². The summed E-state index contributed by atoms with van der Waals surface area (Å²) in [5, 5.41) is -0.284. The molecule has 6 heteroatoms. The summed E-state index contributed by atoms with van der Waals surface area (Å²) in [6.45, 7) is 0. The number of hydrogen-bond acceptors (Lipinski definition) is 1. The zero-order valence-electron chi connectivity index (χ0n) is 7.65. The molecule has 0 atom stereocenters. The van der Waals surface area contributed by atoms with Gasteiger partial charge >= 0.3 is 6.18 Å². The predicted molar refractivity (Wildman–Crippen MR) is 51.7 cm³/mol. The van der Waals surface area contributed by atoms with Crippen molar-refractivity contribution in [1.29, 1.82) is 0 Å². The zero-order valence-corrected chi connectivity index (χ0v) is 8.40. The van der Waals surface area contributed by atoms with Crippen molar-refractivity contribution in [3.63, 3.8) is 0 Å². The van der Waals surface area contributed by atoms with Crippen molar-refractivity contribution in [2.24, 2.45) is 0 Å². The van der Waals surface area contributed by atoms with Crippen LogP contribution < -0.4 is 0 Å². The summed E-state index contributed by atoms with van der Waals surface area (Å²) in [5.41, 5.74) is -0.994. The van der Waals surface area contributed by atoms with Gasteiger partial charge in [-0.2, -0.15) is 13.2 Å². The lowest BCUT2D eigenvalue weighted by Crippen LogP contribution is -2.06. The monoisotopic (exact) mass is 249 g/mol. The Hall–Kier alpha value is -1.36. The highest BCUT2D eigenvalue weighted by Gasteiger charge is 2.33. The maximum absolute atomic E-state index is 12.9. The van der Waals surface area contributed by atoms with Crippen LogP contribution in [-0.2, 0) is 6.18 Å². The van der Waals surface area contributed by atoms with Crippen molar-refractivity contribution < 1.29 is 17.6 Å². The van der Waals surface area contributed by atoms with Gasteiger partial charge in [0.2, 0.25) is 0 Å². The molecule has 0 fully saturated rings. The molecule has 0 aliphatic rings. The van der Waals surface area contributed by atoms with E-state index in [1.165, 1.54) is 6.07 Å². The van der Waals surface area contributed by atoms with E-state index in [1.54, 1.807) is 0 Å². The number of pyridine rings is 1. The fraction of sp³-hybridized carbons (Fsp3) is 0.100. The lowest BCUT2D eigenvalue weighted by molar-refractivity contribution is -0.136. The standard InChI is InChI=1S/C10H4ClF4N/c11-9-6-2-1-5(12)3-7(6)8(4-16-9)10(13,14)15/h1-4H. The Labute approximate surface area is 92.7 Å². The van der Waals surface area contributed by atoms with E-state index in [1.807, 2.05) is 0 Å². The Morgan fingerprint density at radius 1 is 1.12 bits per heavy atom. The summed E-state index contributed by atoms with van der Waals surface area (Å²) in [6, 6.07) is 3.01. The number of halogens is 5. The van der Waals surface area contributed by atoms with Crippen LogP contribution >= 0.6 is 11.6 Å². The second kappa shape index (κ2) is 3.59. The van der Waals surface area contributed by atoms with Gasteiger partial charge in [-0.05, 0) is 18.2 Å². The molecule has 16 heavy (non-hydrogen) atoms. The number of hydrogen-bond donors (Lipinski definition) is 0. The molecule has 1 aromatic heterocycles. The van der Waals surface area contributed by atoms with Crippen molar-refractivity contribution in [1.82, 2.24) is 4.98 Å². The minimum absolute atomic E-state index is 0.0806. The molecule has 2 rings (SSSR count). The zero-order chi connectivity index (χ0) is 11.9. The first-order valence-electron chi connectivity index (χ1n) is 4.20. The summed E-state index contributed by atoms with van der Waals surface area (Å²) >= 11 is 5.63. The minimum Gasteiger partial charge on any atom is -0.243 e. The van der Waals surface area contributed by atoms with Crippen LogP contribution in [0.1, 0.15) is 5.56 Å². The first-order valence-corrected chi connectivity index (χ1v) is 4.58. The van der Waals surface area contributed by atoms with Crippen LogP contribution in [0.2, 0.25) is 5.15 Å². The Bertz CT molecular complexity index is 550. The van der Waals surface area contributed by atoms with Gasteiger partial charge in [-0.3, -0.25) is 0 Å². The Morgan fingerprint density at radius 2 is 1.81 bits per heavy atom. The van der Waals surface area contributed by atoms with Gasteiger partial charge in [0, 0.05) is 17.0 Å². The lowest BCUT2D eigenvalue weighted by atomic mass is 10.1. The Balaban J connectivity index is 2.86. The summed E-state index contributed by atoms with van der Waals surface area (Å²) < 4.78 is 50.6. The second-order valence-electron chi connectivity index (χ2n) is 3.15. The van der Waals surface area contributed by atoms with Gasteiger partial charge in [0.15, 0.2) is 0 Å². The lowest BCUT2D eigenvalue weighted by Gasteiger charge is -2.10. The average molecular weight is 250 g/mol. The number of alkyl halides is 3. The molecule has 0 radical (unpaired) electrons. The molecule has 0 bridgehead atoms. The van der Waals surface area contributed by atoms with Gasteiger partial charge < -0.3 is 0 Å². The number of fused-ring (bicyclic) bond motifs is 1. The molecule has 0 aliphatic carbocycles. The fourth-order valence-electron chi connectivity index (χ4n) is 1.41.